The normalized spacial score (nSPS) is 25.0. The molecule has 0 nitrogen and oxygen atoms in total. The summed E-state index contributed by atoms with van der Waals surface area (Å²) in [5.74, 6) is 1.41. The van der Waals surface area contributed by atoms with Gasteiger partial charge in [-0.3, -0.25) is 0 Å². The van der Waals surface area contributed by atoms with Crippen molar-refractivity contribution in [2.75, 3.05) is 0 Å². The molecule has 0 radical (unpaired) electrons. The van der Waals surface area contributed by atoms with Crippen LogP contribution in [-0.2, 0) is 0 Å². The summed E-state index contributed by atoms with van der Waals surface area (Å²) in [6.45, 7) is 0. The van der Waals surface area contributed by atoms with Crippen LogP contribution in [0.5, 0.6) is 0 Å². The monoisotopic (exact) mass is 210 g/mol. The number of allylic oxidation sites excluding steroid dienone is 4. The molecule has 0 saturated heterocycles. The molecule has 0 heteroatoms. The van der Waals surface area contributed by atoms with Crippen LogP contribution in [0.2, 0.25) is 0 Å². The van der Waals surface area contributed by atoms with Crippen molar-refractivity contribution in [2.45, 2.75) is 31.6 Å². The number of benzene rings is 1. The minimum Gasteiger partial charge on any atom is -0.0730 e. The number of hydrogen-bond donors (Lipinski definition) is 0. The van der Waals surface area contributed by atoms with Gasteiger partial charge < -0.3 is 0 Å². The summed E-state index contributed by atoms with van der Waals surface area (Å²) in [7, 11) is 0. The summed E-state index contributed by atoms with van der Waals surface area (Å²) >= 11 is 0. The fraction of sp³-hybridized carbons (Fsp3) is 0.375. The van der Waals surface area contributed by atoms with Crippen LogP contribution >= 0.6 is 0 Å². The summed E-state index contributed by atoms with van der Waals surface area (Å²) in [6.07, 6.45) is 12.6. The Balaban J connectivity index is 1.85. The first-order valence-electron chi connectivity index (χ1n) is 6.38. The third-order valence-electron chi connectivity index (χ3n) is 3.94. The molecule has 1 saturated carbocycles. The molecule has 0 heterocycles. The van der Waals surface area contributed by atoms with Crippen molar-refractivity contribution >= 4 is 0 Å². The maximum absolute atomic E-state index is 2.35. The van der Waals surface area contributed by atoms with Crippen LogP contribution in [0.4, 0.5) is 0 Å². The van der Waals surface area contributed by atoms with Gasteiger partial charge in [-0.15, -0.1) is 0 Å². The molecule has 82 valence electrons. The molecule has 16 heavy (non-hydrogen) atoms. The zero-order valence-corrected chi connectivity index (χ0v) is 9.60. The van der Waals surface area contributed by atoms with Crippen molar-refractivity contribution in [1.82, 2.24) is 0 Å². The first kappa shape index (κ1) is 9.89. The third kappa shape index (κ3) is 1.73. The topological polar surface area (TPSA) is 0 Å². The van der Waals surface area contributed by atoms with E-state index in [1.165, 1.54) is 31.2 Å². The molecular formula is C16H18. The Kier molecular flexibility index (Phi) is 2.65. The fourth-order valence-corrected chi connectivity index (χ4v) is 3.11. The van der Waals surface area contributed by atoms with Crippen molar-refractivity contribution < 1.29 is 0 Å². The molecular weight excluding hydrogens is 192 g/mol. The minimum absolute atomic E-state index is 0.560. The highest BCUT2D eigenvalue weighted by molar-refractivity contribution is 5.42. The lowest BCUT2D eigenvalue weighted by Gasteiger charge is -2.19. The standard InChI is InChI=1S/C16H18/c1-2-7-13(8-3-1)15-11-6-12-16(15)14-9-4-5-10-14/h1-3,6-8,11-12,14-15H,4-5,9-10H2. The lowest BCUT2D eigenvalue weighted by Crippen LogP contribution is -2.05. The minimum atomic E-state index is 0.560. The molecule has 0 bridgehead atoms. The van der Waals surface area contributed by atoms with Gasteiger partial charge in [0, 0.05) is 5.92 Å². The molecule has 1 aromatic carbocycles. The molecule has 1 fully saturated rings. The Morgan fingerprint density at radius 2 is 1.69 bits per heavy atom. The van der Waals surface area contributed by atoms with Gasteiger partial charge >= 0.3 is 0 Å². The quantitative estimate of drug-likeness (QED) is 0.676. The van der Waals surface area contributed by atoms with E-state index in [2.05, 4.69) is 48.6 Å². The lowest BCUT2D eigenvalue weighted by atomic mass is 9.85. The van der Waals surface area contributed by atoms with E-state index >= 15 is 0 Å². The zero-order valence-electron chi connectivity index (χ0n) is 9.60. The molecule has 3 rings (SSSR count). The first-order chi connectivity index (χ1) is 7.95. The van der Waals surface area contributed by atoms with Gasteiger partial charge in [0.05, 0.1) is 0 Å². The molecule has 2 aliphatic carbocycles. The van der Waals surface area contributed by atoms with E-state index in [0.29, 0.717) is 5.92 Å². The predicted molar refractivity (Wildman–Crippen MR) is 68.4 cm³/mol. The van der Waals surface area contributed by atoms with Gasteiger partial charge in [-0.25, -0.2) is 0 Å². The molecule has 2 aliphatic rings. The molecule has 1 unspecified atom stereocenters. The van der Waals surface area contributed by atoms with Crippen molar-refractivity contribution in [3.05, 3.63) is 59.7 Å². The van der Waals surface area contributed by atoms with Gasteiger partial charge in [-0.1, -0.05) is 67.0 Å². The van der Waals surface area contributed by atoms with E-state index in [0.717, 1.165) is 5.92 Å². The highest BCUT2D eigenvalue weighted by atomic mass is 14.3. The van der Waals surface area contributed by atoms with Crippen LogP contribution in [0.1, 0.15) is 37.2 Å². The summed E-state index contributed by atoms with van der Waals surface area (Å²) in [4.78, 5) is 0. The smallest absolute Gasteiger partial charge is 0.0237 e. The third-order valence-corrected chi connectivity index (χ3v) is 3.94. The molecule has 0 N–H and O–H groups in total. The van der Waals surface area contributed by atoms with Crippen molar-refractivity contribution in [3.8, 4) is 0 Å². The Morgan fingerprint density at radius 1 is 0.938 bits per heavy atom. The average Bonchev–Trinajstić information content (AvgIpc) is 3.01. The van der Waals surface area contributed by atoms with E-state index < -0.39 is 0 Å². The molecule has 1 atom stereocenters. The van der Waals surface area contributed by atoms with E-state index in [1.54, 1.807) is 5.57 Å². The predicted octanol–water partition coefficient (Wildman–Crippen LogP) is 4.46. The van der Waals surface area contributed by atoms with Crippen LogP contribution in [0.15, 0.2) is 54.1 Å². The SMILES string of the molecule is C1=CC(c2ccccc2)C(C2CCCC2)=C1. The number of rotatable bonds is 2. The van der Waals surface area contributed by atoms with Gasteiger partial charge in [0.15, 0.2) is 0 Å². The van der Waals surface area contributed by atoms with E-state index in [4.69, 9.17) is 0 Å². The Labute approximate surface area is 97.7 Å². The Hall–Kier alpha value is -1.30. The highest BCUT2D eigenvalue weighted by Gasteiger charge is 2.26. The van der Waals surface area contributed by atoms with Crippen molar-refractivity contribution in [1.29, 1.82) is 0 Å². The maximum atomic E-state index is 2.35. The Bertz CT molecular complexity index is 405. The Morgan fingerprint density at radius 3 is 2.44 bits per heavy atom. The van der Waals surface area contributed by atoms with Crippen molar-refractivity contribution in [3.63, 3.8) is 0 Å². The van der Waals surface area contributed by atoms with Crippen LogP contribution < -0.4 is 0 Å². The summed E-state index contributed by atoms with van der Waals surface area (Å²) in [5, 5.41) is 0. The summed E-state index contributed by atoms with van der Waals surface area (Å²) in [5.41, 5.74) is 3.11. The zero-order chi connectivity index (χ0) is 10.8. The largest absolute Gasteiger partial charge is 0.0730 e. The molecule has 0 spiro atoms. The highest BCUT2D eigenvalue weighted by Crippen LogP contribution is 2.41. The second kappa shape index (κ2) is 4.29. The first-order valence-corrected chi connectivity index (χ1v) is 6.38. The molecule has 1 aromatic rings. The summed E-state index contributed by atoms with van der Waals surface area (Å²) < 4.78 is 0. The van der Waals surface area contributed by atoms with Crippen LogP contribution in [0.3, 0.4) is 0 Å². The molecule has 0 aliphatic heterocycles. The van der Waals surface area contributed by atoms with E-state index in [1.807, 2.05) is 0 Å². The van der Waals surface area contributed by atoms with Crippen LogP contribution in [-0.4, -0.2) is 0 Å². The molecule has 0 aromatic heterocycles. The van der Waals surface area contributed by atoms with Crippen LogP contribution in [0.25, 0.3) is 0 Å². The van der Waals surface area contributed by atoms with Gasteiger partial charge in [0.25, 0.3) is 0 Å². The van der Waals surface area contributed by atoms with E-state index in [-0.39, 0.29) is 0 Å². The summed E-state index contributed by atoms with van der Waals surface area (Å²) in [6, 6.07) is 10.9. The van der Waals surface area contributed by atoms with Gasteiger partial charge in [-0.2, -0.15) is 0 Å². The second-order valence-corrected chi connectivity index (χ2v) is 4.92. The van der Waals surface area contributed by atoms with Gasteiger partial charge in [-0.05, 0) is 24.3 Å². The van der Waals surface area contributed by atoms with Gasteiger partial charge in [0.1, 0.15) is 0 Å². The average molecular weight is 210 g/mol. The lowest BCUT2D eigenvalue weighted by molar-refractivity contribution is 0.613. The van der Waals surface area contributed by atoms with Crippen molar-refractivity contribution in [2.24, 2.45) is 5.92 Å². The molecule has 0 amide bonds. The fourth-order valence-electron chi connectivity index (χ4n) is 3.11. The maximum Gasteiger partial charge on any atom is 0.0237 e. The van der Waals surface area contributed by atoms with E-state index in [9.17, 15) is 0 Å². The number of hydrogen-bond acceptors (Lipinski definition) is 0. The van der Waals surface area contributed by atoms with Crippen LogP contribution in [0, 0.1) is 5.92 Å². The second-order valence-electron chi connectivity index (χ2n) is 4.92. The van der Waals surface area contributed by atoms with Gasteiger partial charge in [0.2, 0.25) is 0 Å².